The third-order valence-electron chi connectivity index (χ3n) is 3.04. The van der Waals surface area contributed by atoms with Crippen molar-refractivity contribution < 1.29 is 9.59 Å². The lowest BCUT2D eigenvalue weighted by atomic mass is 10.1. The molecule has 0 aromatic heterocycles. The van der Waals surface area contributed by atoms with Crippen LogP contribution < -0.4 is 0 Å². The summed E-state index contributed by atoms with van der Waals surface area (Å²) in [6, 6.07) is -0.142. The van der Waals surface area contributed by atoms with Crippen molar-refractivity contribution in [2.75, 3.05) is 6.54 Å². The Balaban J connectivity index is 2.67. The molecule has 1 aliphatic rings. The lowest BCUT2D eigenvalue weighted by Crippen LogP contribution is -2.42. The van der Waals surface area contributed by atoms with Crippen molar-refractivity contribution in [1.29, 1.82) is 0 Å². The monoisotopic (exact) mass is 197 g/mol. The topological polar surface area (TPSA) is 37.4 Å². The highest BCUT2D eigenvalue weighted by Crippen LogP contribution is 2.21. The SMILES string of the molecule is CC[C@H](C)C(=O)N1CCC[C@@H]1C(C)=O. The van der Waals surface area contributed by atoms with Crippen LogP contribution in [0.3, 0.4) is 0 Å². The molecule has 14 heavy (non-hydrogen) atoms. The molecule has 0 saturated carbocycles. The lowest BCUT2D eigenvalue weighted by Gasteiger charge is -2.25. The molecule has 3 nitrogen and oxygen atoms in total. The fourth-order valence-electron chi connectivity index (χ4n) is 1.91. The summed E-state index contributed by atoms with van der Waals surface area (Å²) in [5, 5.41) is 0. The number of carbonyl (C=O) groups excluding carboxylic acids is 2. The van der Waals surface area contributed by atoms with Crippen molar-refractivity contribution in [3.05, 3.63) is 0 Å². The molecule has 0 radical (unpaired) electrons. The van der Waals surface area contributed by atoms with E-state index in [4.69, 9.17) is 0 Å². The van der Waals surface area contributed by atoms with E-state index < -0.39 is 0 Å². The average Bonchev–Trinajstić information content (AvgIpc) is 2.63. The van der Waals surface area contributed by atoms with Crippen LogP contribution in [-0.4, -0.2) is 29.2 Å². The van der Waals surface area contributed by atoms with Gasteiger partial charge in [-0.2, -0.15) is 0 Å². The van der Waals surface area contributed by atoms with Crippen molar-refractivity contribution >= 4 is 11.7 Å². The summed E-state index contributed by atoms with van der Waals surface area (Å²) in [5.74, 6) is 0.319. The minimum atomic E-state index is -0.142. The Morgan fingerprint density at radius 1 is 1.50 bits per heavy atom. The number of rotatable bonds is 3. The second-order valence-corrected chi connectivity index (χ2v) is 4.11. The Bertz CT molecular complexity index is 237. The molecule has 0 spiro atoms. The molecule has 1 rings (SSSR count). The number of Topliss-reactive ketones (excluding diaryl/α,β-unsaturated/α-hetero) is 1. The molecule has 1 fully saturated rings. The van der Waals surface area contributed by atoms with Crippen LogP contribution in [0.5, 0.6) is 0 Å². The van der Waals surface area contributed by atoms with Gasteiger partial charge < -0.3 is 4.90 Å². The average molecular weight is 197 g/mol. The van der Waals surface area contributed by atoms with E-state index in [0.29, 0.717) is 0 Å². The molecule has 80 valence electrons. The first kappa shape index (κ1) is 11.2. The predicted molar refractivity (Wildman–Crippen MR) is 54.9 cm³/mol. The highest BCUT2D eigenvalue weighted by Gasteiger charge is 2.33. The van der Waals surface area contributed by atoms with Gasteiger partial charge in [-0.25, -0.2) is 0 Å². The van der Waals surface area contributed by atoms with Crippen LogP contribution in [-0.2, 0) is 9.59 Å². The Kier molecular flexibility index (Phi) is 3.67. The van der Waals surface area contributed by atoms with E-state index in [-0.39, 0.29) is 23.7 Å². The van der Waals surface area contributed by atoms with E-state index in [2.05, 4.69) is 0 Å². The summed E-state index contributed by atoms with van der Waals surface area (Å²) in [4.78, 5) is 24.9. The van der Waals surface area contributed by atoms with Crippen molar-refractivity contribution in [3.63, 3.8) is 0 Å². The third-order valence-corrected chi connectivity index (χ3v) is 3.04. The number of amides is 1. The van der Waals surface area contributed by atoms with E-state index in [1.54, 1.807) is 11.8 Å². The molecule has 0 N–H and O–H groups in total. The second kappa shape index (κ2) is 4.58. The molecular formula is C11H19NO2. The van der Waals surface area contributed by atoms with E-state index in [9.17, 15) is 9.59 Å². The highest BCUT2D eigenvalue weighted by molar-refractivity contribution is 5.88. The minimum Gasteiger partial charge on any atom is -0.332 e. The van der Waals surface area contributed by atoms with Crippen LogP contribution >= 0.6 is 0 Å². The number of hydrogen-bond donors (Lipinski definition) is 0. The number of hydrogen-bond acceptors (Lipinski definition) is 2. The van der Waals surface area contributed by atoms with Crippen molar-refractivity contribution in [3.8, 4) is 0 Å². The van der Waals surface area contributed by atoms with Gasteiger partial charge in [0.05, 0.1) is 6.04 Å². The van der Waals surface area contributed by atoms with Crippen molar-refractivity contribution in [2.45, 2.75) is 46.1 Å². The first-order valence-electron chi connectivity index (χ1n) is 5.38. The summed E-state index contributed by atoms with van der Waals surface area (Å²) in [6.07, 6.45) is 2.66. The molecule has 1 aliphatic heterocycles. The Hall–Kier alpha value is -0.860. The fourth-order valence-corrected chi connectivity index (χ4v) is 1.91. The largest absolute Gasteiger partial charge is 0.332 e. The predicted octanol–water partition coefficient (Wildman–Crippen LogP) is 1.61. The van der Waals surface area contributed by atoms with E-state index in [1.807, 2.05) is 13.8 Å². The van der Waals surface area contributed by atoms with Gasteiger partial charge in [0.15, 0.2) is 5.78 Å². The summed E-state index contributed by atoms with van der Waals surface area (Å²) in [7, 11) is 0. The highest BCUT2D eigenvalue weighted by atomic mass is 16.2. The Morgan fingerprint density at radius 2 is 2.14 bits per heavy atom. The zero-order valence-electron chi connectivity index (χ0n) is 9.25. The molecule has 1 heterocycles. The van der Waals surface area contributed by atoms with Crippen LogP contribution in [0.25, 0.3) is 0 Å². The van der Waals surface area contributed by atoms with E-state index in [1.165, 1.54) is 0 Å². The Labute approximate surface area is 85.5 Å². The van der Waals surface area contributed by atoms with Gasteiger partial charge in [-0.05, 0) is 26.2 Å². The second-order valence-electron chi connectivity index (χ2n) is 4.11. The molecule has 0 aromatic rings. The number of nitrogens with zero attached hydrogens (tertiary/aromatic N) is 1. The molecule has 1 saturated heterocycles. The van der Waals surface area contributed by atoms with Crippen LogP contribution in [0, 0.1) is 5.92 Å². The fraction of sp³-hybridized carbons (Fsp3) is 0.818. The quantitative estimate of drug-likeness (QED) is 0.689. The number of ketones is 1. The van der Waals surface area contributed by atoms with Gasteiger partial charge in [0.2, 0.25) is 5.91 Å². The summed E-state index contributed by atoms with van der Waals surface area (Å²) in [6.45, 7) is 6.26. The summed E-state index contributed by atoms with van der Waals surface area (Å²) in [5.41, 5.74) is 0. The minimum absolute atomic E-state index is 0.0509. The van der Waals surface area contributed by atoms with Gasteiger partial charge in [-0.3, -0.25) is 9.59 Å². The van der Waals surface area contributed by atoms with Crippen LogP contribution in [0.2, 0.25) is 0 Å². The lowest BCUT2D eigenvalue weighted by molar-refractivity contribution is -0.140. The maximum atomic E-state index is 11.9. The van der Waals surface area contributed by atoms with Crippen molar-refractivity contribution in [2.24, 2.45) is 5.92 Å². The molecule has 0 unspecified atom stereocenters. The number of likely N-dealkylation sites (tertiary alicyclic amines) is 1. The molecular weight excluding hydrogens is 178 g/mol. The molecule has 0 aromatic carbocycles. The normalized spacial score (nSPS) is 23.6. The van der Waals surface area contributed by atoms with E-state index >= 15 is 0 Å². The van der Waals surface area contributed by atoms with Crippen LogP contribution in [0.15, 0.2) is 0 Å². The van der Waals surface area contributed by atoms with Gasteiger partial charge in [0.25, 0.3) is 0 Å². The molecule has 0 aliphatic carbocycles. The van der Waals surface area contributed by atoms with Crippen LogP contribution in [0.1, 0.15) is 40.0 Å². The smallest absolute Gasteiger partial charge is 0.226 e. The van der Waals surface area contributed by atoms with Gasteiger partial charge in [-0.1, -0.05) is 13.8 Å². The summed E-state index contributed by atoms with van der Waals surface area (Å²) >= 11 is 0. The zero-order chi connectivity index (χ0) is 10.7. The molecule has 3 heteroatoms. The van der Waals surface area contributed by atoms with Gasteiger partial charge in [-0.15, -0.1) is 0 Å². The molecule has 1 amide bonds. The Morgan fingerprint density at radius 3 is 2.64 bits per heavy atom. The first-order chi connectivity index (χ1) is 6.57. The van der Waals surface area contributed by atoms with Gasteiger partial charge in [0.1, 0.15) is 0 Å². The van der Waals surface area contributed by atoms with Crippen molar-refractivity contribution in [1.82, 2.24) is 4.90 Å². The standard InChI is InChI=1S/C11H19NO2/c1-4-8(2)11(14)12-7-5-6-10(12)9(3)13/h8,10H,4-7H2,1-3H3/t8-,10+/m0/s1. The maximum absolute atomic E-state index is 11.9. The van der Waals surface area contributed by atoms with Gasteiger partial charge in [0, 0.05) is 12.5 Å². The zero-order valence-corrected chi connectivity index (χ0v) is 9.25. The maximum Gasteiger partial charge on any atom is 0.226 e. The molecule has 2 atom stereocenters. The first-order valence-corrected chi connectivity index (χ1v) is 5.38. The van der Waals surface area contributed by atoms with Crippen LogP contribution in [0.4, 0.5) is 0 Å². The number of carbonyl (C=O) groups is 2. The van der Waals surface area contributed by atoms with E-state index in [0.717, 1.165) is 25.8 Å². The van der Waals surface area contributed by atoms with Gasteiger partial charge >= 0.3 is 0 Å². The summed E-state index contributed by atoms with van der Waals surface area (Å²) < 4.78 is 0. The third kappa shape index (κ3) is 2.14. The molecule has 0 bridgehead atoms.